The molecule has 0 radical (unpaired) electrons. The second-order valence-corrected chi connectivity index (χ2v) is 8.26. The first-order valence-electron chi connectivity index (χ1n) is 8.26. The molecule has 0 spiro atoms. The van der Waals surface area contributed by atoms with Crippen molar-refractivity contribution in [1.29, 1.82) is 0 Å². The molecule has 1 atom stereocenters. The molecule has 4 nitrogen and oxygen atoms in total. The number of nitrogens with zero attached hydrogens (tertiary/aromatic N) is 2. The second-order valence-electron chi connectivity index (χ2n) is 6.26. The molecule has 0 aliphatic heterocycles. The SMILES string of the molecule is CC(C)C(C)NC(=O)CSc1ncnc2sc(-c3ccccc3)cc12. The van der Waals surface area contributed by atoms with Crippen LogP contribution in [-0.4, -0.2) is 27.7 Å². The molecule has 130 valence electrons. The fourth-order valence-electron chi connectivity index (χ4n) is 2.29. The fraction of sp³-hybridized carbons (Fsp3) is 0.316. The Kier molecular flexibility index (Phi) is 5.71. The minimum Gasteiger partial charge on any atom is -0.353 e. The number of aromatic nitrogens is 2. The summed E-state index contributed by atoms with van der Waals surface area (Å²) in [5.41, 5.74) is 1.17. The van der Waals surface area contributed by atoms with Gasteiger partial charge in [0.25, 0.3) is 0 Å². The zero-order chi connectivity index (χ0) is 17.8. The van der Waals surface area contributed by atoms with E-state index in [2.05, 4.69) is 47.3 Å². The molecule has 0 fully saturated rings. The lowest BCUT2D eigenvalue weighted by Crippen LogP contribution is -2.37. The Morgan fingerprint density at radius 2 is 1.96 bits per heavy atom. The summed E-state index contributed by atoms with van der Waals surface area (Å²) in [6.07, 6.45) is 1.57. The molecule has 1 amide bonds. The molecule has 0 aliphatic carbocycles. The van der Waals surface area contributed by atoms with Crippen LogP contribution in [0.3, 0.4) is 0 Å². The first-order chi connectivity index (χ1) is 12.0. The van der Waals surface area contributed by atoms with E-state index in [0.29, 0.717) is 11.7 Å². The summed E-state index contributed by atoms with van der Waals surface area (Å²) < 4.78 is 0. The number of benzene rings is 1. The lowest BCUT2D eigenvalue weighted by atomic mass is 10.1. The molecular formula is C19H21N3OS2. The van der Waals surface area contributed by atoms with Gasteiger partial charge in [-0.2, -0.15) is 0 Å². The minimum atomic E-state index is 0.0384. The highest BCUT2D eigenvalue weighted by molar-refractivity contribution is 8.00. The van der Waals surface area contributed by atoms with Crippen molar-refractivity contribution in [2.75, 3.05) is 5.75 Å². The van der Waals surface area contributed by atoms with E-state index in [4.69, 9.17) is 0 Å². The van der Waals surface area contributed by atoms with Crippen LogP contribution in [0.5, 0.6) is 0 Å². The molecule has 0 saturated carbocycles. The Bertz CT molecular complexity index is 861. The summed E-state index contributed by atoms with van der Waals surface area (Å²) in [4.78, 5) is 23.0. The van der Waals surface area contributed by atoms with Crippen LogP contribution in [0, 0.1) is 5.92 Å². The van der Waals surface area contributed by atoms with E-state index in [1.54, 1.807) is 17.7 Å². The highest BCUT2D eigenvalue weighted by atomic mass is 32.2. The van der Waals surface area contributed by atoms with Crippen molar-refractivity contribution in [3.8, 4) is 10.4 Å². The van der Waals surface area contributed by atoms with Crippen molar-refractivity contribution < 1.29 is 4.79 Å². The molecule has 0 saturated heterocycles. The highest BCUT2D eigenvalue weighted by Gasteiger charge is 2.14. The summed E-state index contributed by atoms with van der Waals surface area (Å²) >= 11 is 3.11. The molecule has 2 heterocycles. The van der Waals surface area contributed by atoms with Crippen molar-refractivity contribution in [2.45, 2.75) is 31.8 Å². The predicted molar refractivity (Wildman–Crippen MR) is 106 cm³/mol. The zero-order valence-electron chi connectivity index (χ0n) is 14.5. The van der Waals surface area contributed by atoms with Gasteiger partial charge >= 0.3 is 0 Å². The lowest BCUT2D eigenvalue weighted by Gasteiger charge is -2.17. The van der Waals surface area contributed by atoms with Gasteiger partial charge in [0.2, 0.25) is 5.91 Å². The van der Waals surface area contributed by atoms with Crippen LogP contribution in [0.2, 0.25) is 0 Å². The Morgan fingerprint density at radius 1 is 1.20 bits per heavy atom. The Hall–Kier alpha value is -1.92. The van der Waals surface area contributed by atoms with Gasteiger partial charge in [-0.25, -0.2) is 9.97 Å². The molecule has 2 aromatic heterocycles. The van der Waals surface area contributed by atoms with Crippen molar-refractivity contribution in [3.63, 3.8) is 0 Å². The number of thioether (sulfide) groups is 1. The summed E-state index contributed by atoms with van der Waals surface area (Å²) in [5.74, 6) is 0.821. The van der Waals surface area contributed by atoms with Gasteiger partial charge in [-0.1, -0.05) is 55.9 Å². The molecule has 3 rings (SSSR count). The summed E-state index contributed by atoms with van der Waals surface area (Å²) in [7, 11) is 0. The quantitative estimate of drug-likeness (QED) is 0.508. The highest BCUT2D eigenvalue weighted by Crippen LogP contribution is 2.35. The van der Waals surface area contributed by atoms with Gasteiger partial charge in [-0.3, -0.25) is 4.79 Å². The molecule has 1 unspecified atom stereocenters. The molecule has 3 aromatic rings. The van der Waals surface area contributed by atoms with Crippen molar-refractivity contribution in [2.24, 2.45) is 5.92 Å². The number of amides is 1. The normalized spacial score (nSPS) is 12.5. The van der Waals surface area contributed by atoms with E-state index in [9.17, 15) is 4.79 Å². The maximum absolute atomic E-state index is 12.1. The van der Waals surface area contributed by atoms with Gasteiger partial charge in [0.05, 0.1) is 5.75 Å². The molecule has 6 heteroatoms. The van der Waals surface area contributed by atoms with Gasteiger partial charge in [0, 0.05) is 16.3 Å². The minimum absolute atomic E-state index is 0.0384. The number of rotatable bonds is 6. The molecule has 1 N–H and O–H groups in total. The number of nitrogens with one attached hydrogen (secondary N) is 1. The largest absolute Gasteiger partial charge is 0.353 e. The van der Waals surface area contributed by atoms with E-state index in [0.717, 1.165) is 20.1 Å². The van der Waals surface area contributed by atoms with E-state index in [1.807, 2.05) is 25.1 Å². The van der Waals surface area contributed by atoms with Gasteiger partial charge < -0.3 is 5.32 Å². The number of thiophene rings is 1. The van der Waals surface area contributed by atoms with E-state index < -0.39 is 0 Å². The average molecular weight is 372 g/mol. The first-order valence-corrected chi connectivity index (χ1v) is 10.1. The van der Waals surface area contributed by atoms with E-state index in [-0.39, 0.29) is 11.9 Å². The third kappa shape index (κ3) is 4.38. The van der Waals surface area contributed by atoms with Crippen LogP contribution in [-0.2, 0) is 4.79 Å². The lowest BCUT2D eigenvalue weighted by molar-refractivity contribution is -0.119. The Balaban J connectivity index is 1.76. The summed E-state index contributed by atoms with van der Waals surface area (Å²) in [6, 6.07) is 12.5. The number of hydrogen-bond donors (Lipinski definition) is 1. The zero-order valence-corrected chi connectivity index (χ0v) is 16.2. The van der Waals surface area contributed by atoms with Gasteiger partial charge in [-0.05, 0) is 24.5 Å². The van der Waals surface area contributed by atoms with Crippen molar-refractivity contribution in [1.82, 2.24) is 15.3 Å². The number of carbonyl (C=O) groups is 1. The number of fused-ring (bicyclic) bond motifs is 1. The average Bonchev–Trinajstić information content (AvgIpc) is 3.05. The Morgan fingerprint density at radius 3 is 2.68 bits per heavy atom. The Labute approximate surface area is 156 Å². The molecular weight excluding hydrogens is 350 g/mol. The monoisotopic (exact) mass is 371 g/mol. The third-order valence-corrected chi connectivity index (χ3v) is 6.18. The van der Waals surface area contributed by atoms with Gasteiger partial charge in [-0.15, -0.1) is 11.3 Å². The second kappa shape index (κ2) is 7.97. The maximum Gasteiger partial charge on any atom is 0.230 e. The predicted octanol–water partition coefficient (Wildman–Crippen LogP) is 4.61. The van der Waals surface area contributed by atoms with Crippen LogP contribution >= 0.6 is 23.1 Å². The third-order valence-electron chi connectivity index (χ3n) is 4.08. The standard InChI is InChI=1S/C19H21N3OS2/c1-12(2)13(3)22-17(23)10-24-18-15-9-16(14-7-5-4-6-8-14)25-19(15)21-11-20-18/h4-9,11-13H,10H2,1-3H3,(H,22,23). The molecule has 0 bridgehead atoms. The number of hydrogen-bond acceptors (Lipinski definition) is 5. The van der Waals surface area contributed by atoms with Gasteiger partial charge in [0.1, 0.15) is 16.2 Å². The topological polar surface area (TPSA) is 54.9 Å². The smallest absolute Gasteiger partial charge is 0.230 e. The number of carbonyl (C=O) groups excluding carboxylic acids is 1. The summed E-state index contributed by atoms with van der Waals surface area (Å²) in [5, 5.41) is 4.90. The van der Waals surface area contributed by atoms with E-state index >= 15 is 0 Å². The van der Waals surface area contributed by atoms with Crippen LogP contribution in [0.4, 0.5) is 0 Å². The van der Waals surface area contributed by atoms with E-state index in [1.165, 1.54) is 17.3 Å². The van der Waals surface area contributed by atoms with Crippen LogP contribution in [0.25, 0.3) is 20.7 Å². The summed E-state index contributed by atoms with van der Waals surface area (Å²) in [6.45, 7) is 6.23. The fourth-order valence-corrected chi connectivity index (χ4v) is 4.14. The van der Waals surface area contributed by atoms with Gasteiger partial charge in [0.15, 0.2) is 0 Å². The van der Waals surface area contributed by atoms with Crippen LogP contribution in [0.1, 0.15) is 20.8 Å². The molecule has 0 aliphatic rings. The molecule has 1 aromatic carbocycles. The first kappa shape index (κ1) is 17.9. The van der Waals surface area contributed by atoms with Crippen molar-refractivity contribution in [3.05, 3.63) is 42.7 Å². The molecule has 25 heavy (non-hydrogen) atoms. The van der Waals surface area contributed by atoms with Crippen LogP contribution < -0.4 is 5.32 Å². The van der Waals surface area contributed by atoms with Crippen molar-refractivity contribution >= 4 is 39.2 Å². The maximum atomic E-state index is 12.1. The van der Waals surface area contributed by atoms with Crippen LogP contribution in [0.15, 0.2) is 47.8 Å².